The van der Waals surface area contributed by atoms with Crippen molar-refractivity contribution in [1.82, 2.24) is 4.90 Å². The fourth-order valence-electron chi connectivity index (χ4n) is 4.45. The molecule has 2 aromatic carbocycles. The highest BCUT2D eigenvalue weighted by Crippen LogP contribution is 2.25. The molecule has 3 heteroatoms. The summed E-state index contributed by atoms with van der Waals surface area (Å²) in [7, 11) is 0. The molecule has 1 fully saturated rings. The lowest BCUT2D eigenvalue weighted by atomic mass is 9.90. The fraction of sp³-hybridized carbons (Fsp3) is 0.500. The van der Waals surface area contributed by atoms with Crippen LogP contribution < -0.4 is 4.90 Å². The van der Waals surface area contributed by atoms with Crippen LogP contribution in [0.2, 0.25) is 0 Å². The van der Waals surface area contributed by atoms with Crippen LogP contribution in [0.3, 0.4) is 0 Å². The van der Waals surface area contributed by atoms with Gasteiger partial charge in [0.25, 0.3) is 0 Å². The van der Waals surface area contributed by atoms with E-state index >= 15 is 0 Å². The van der Waals surface area contributed by atoms with Gasteiger partial charge in [-0.15, -0.1) is 0 Å². The van der Waals surface area contributed by atoms with Crippen molar-refractivity contribution < 1.29 is 4.79 Å². The van der Waals surface area contributed by atoms with E-state index in [-0.39, 0.29) is 5.91 Å². The molecule has 0 aromatic heterocycles. The normalized spacial score (nSPS) is 16.5. The molecule has 29 heavy (non-hydrogen) atoms. The molecule has 1 heterocycles. The zero-order valence-corrected chi connectivity index (χ0v) is 18.1. The molecule has 1 aliphatic heterocycles. The van der Waals surface area contributed by atoms with Crippen molar-refractivity contribution in [3.05, 3.63) is 66.2 Å². The Labute approximate surface area is 176 Å². The van der Waals surface area contributed by atoms with Gasteiger partial charge in [0.05, 0.1) is 0 Å². The number of hydrogen-bond acceptors (Lipinski definition) is 2. The lowest BCUT2D eigenvalue weighted by Crippen LogP contribution is -2.47. The highest BCUT2D eigenvalue weighted by molar-refractivity contribution is 5.93. The Morgan fingerprint density at radius 1 is 1.03 bits per heavy atom. The number of aryl methyl sites for hydroxylation is 1. The Morgan fingerprint density at radius 3 is 2.28 bits per heavy atom. The Hall–Kier alpha value is -2.13. The van der Waals surface area contributed by atoms with Crippen molar-refractivity contribution in [2.75, 3.05) is 24.5 Å². The fourth-order valence-corrected chi connectivity index (χ4v) is 4.45. The van der Waals surface area contributed by atoms with E-state index < -0.39 is 0 Å². The van der Waals surface area contributed by atoms with Crippen molar-refractivity contribution in [3.8, 4) is 0 Å². The molecule has 0 aliphatic carbocycles. The maximum Gasteiger partial charge on any atom is 0.226 e. The minimum atomic E-state index is 0.207. The van der Waals surface area contributed by atoms with Crippen molar-refractivity contribution in [2.24, 2.45) is 5.92 Å². The summed E-state index contributed by atoms with van der Waals surface area (Å²) in [6.45, 7) is 7.30. The van der Waals surface area contributed by atoms with Gasteiger partial charge in [-0.3, -0.25) is 9.69 Å². The number of piperidine rings is 1. The van der Waals surface area contributed by atoms with Crippen LogP contribution in [0.15, 0.2) is 60.7 Å². The van der Waals surface area contributed by atoms with Gasteiger partial charge in [0.1, 0.15) is 0 Å². The molecule has 156 valence electrons. The lowest BCUT2D eigenvalue weighted by molar-refractivity contribution is -0.118. The van der Waals surface area contributed by atoms with Crippen LogP contribution >= 0.6 is 0 Å². The first-order chi connectivity index (χ1) is 14.2. The molecule has 3 nitrogen and oxygen atoms in total. The molecular formula is C26H36N2O. The predicted molar refractivity (Wildman–Crippen MR) is 122 cm³/mol. The summed E-state index contributed by atoms with van der Waals surface area (Å²) in [5.41, 5.74) is 2.47. The monoisotopic (exact) mass is 392 g/mol. The Kier molecular flexibility index (Phi) is 8.30. The number of amides is 1. The number of carbonyl (C=O) groups excluding carboxylic acids is 1. The molecule has 0 bridgehead atoms. The van der Waals surface area contributed by atoms with E-state index in [1.54, 1.807) is 0 Å². The third-order valence-electron chi connectivity index (χ3n) is 6.31. The summed E-state index contributed by atoms with van der Waals surface area (Å²) >= 11 is 0. The number of anilines is 1. The number of likely N-dealkylation sites (tertiary alicyclic amines) is 1. The molecule has 1 aliphatic rings. The topological polar surface area (TPSA) is 23.6 Å². The second-order valence-electron chi connectivity index (χ2n) is 8.40. The second kappa shape index (κ2) is 11.2. The molecule has 1 saturated heterocycles. The number of benzene rings is 2. The molecule has 1 amide bonds. The maximum absolute atomic E-state index is 12.5. The smallest absolute Gasteiger partial charge is 0.226 e. The van der Waals surface area contributed by atoms with Gasteiger partial charge in [0.2, 0.25) is 5.91 Å². The third-order valence-corrected chi connectivity index (χ3v) is 6.31. The average Bonchev–Trinajstić information content (AvgIpc) is 2.78. The van der Waals surface area contributed by atoms with Crippen LogP contribution in [0.5, 0.6) is 0 Å². The first-order valence-electron chi connectivity index (χ1n) is 11.3. The summed E-state index contributed by atoms with van der Waals surface area (Å²) < 4.78 is 0. The number of rotatable bonds is 9. The Bertz CT molecular complexity index is 723. The number of nitrogens with zero attached hydrogens (tertiary/aromatic N) is 2. The van der Waals surface area contributed by atoms with Gasteiger partial charge in [0, 0.05) is 24.7 Å². The summed E-state index contributed by atoms with van der Waals surface area (Å²) in [5.74, 6) is 1.06. The van der Waals surface area contributed by atoms with Gasteiger partial charge in [-0.1, -0.05) is 61.9 Å². The maximum atomic E-state index is 12.5. The van der Waals surface area contributed by atoms with Gasteiger partial charge in [-0.2, -0.15) is 0 Å². The van der Waals surface area contributed by atoms with E-state index in [1.807, 2.05) is 42.2 Å². The molecule has 0 saturated carbocycles. The van der Waals surface area contributed by atoms with Crippen LogP contribution in [0.25, 0.3) is 0 Å². The van der Waals surface area contributed by atoms with E-state index in [0.717, 1.165) is 31.2 Å². The zero-order valence-electron chi connectivity index (χ0n) is 18.1. The summed E-state index contributed by atoms with van der Waals surface area (Å²) in [6, 6.07) is 21.3. The van der Waals surface area contributed by atoms with E-state index in [4.69, 9.17) is 0 Å². The third kappa shape index (κ3) is 6.43. The Morgan fingerprint density at radius 2 is 1.66 bits per heavy atom. The Balaban J connectivity index is 1.45. The summed E-state index contributed by atoms with van der Waals surface area (Å²) in [4.78, 5) is 17.1. The molecule has 0 radical (unpaired) electrons. The SMILES string of the molecule is CCC(=O)N(CC(C)N1CCC(CCCc2ccccc2)CC1)c1ccccc1. The largest absolute Gasteiger partial charge is 0.311 e. The highest BCUT2D eigenvalue weighted by Gasteiger charge is 2.25. The zero-order chi connectivity index (χ0) is 20.5. The highest BCUT2D eigenvalue weighted by atomic mass is 16.2. The number of para-hydroxylation sites is 1. The predicted octanol–water partition coefficient (Wildman–Crippen LogP) is 5.55. The molecule has 0 spiro atoms. The molecular weight excluding hydrogens is 356 g/mol. The number of carbonyl (C=O) groups is 1. The van der Waals surface area contributed by atoms with Crippen LogP contribution in [0.4, 0.5) is 5.69 Å². The first kappa shape index (κ1) is 21.6. The van der Waals surface area contributed by atoms with Crippen molar-refractivity contribution >= 4 is 11.6 Å². The van der Waals surface area contributed by atoms with Crippen LogP contribution in [-0.2, 0) is 11.2 Å². The standard InChI is InChI=1S/C26H36N2O/c1-3-26(29)28(25-15-8-5-9-16-25)21-22(2)27-19-17-24(18-20-27)14-10-13-23-11-6-4-7-12-23/h4-9,11-12,15-16,22,24H,3,10,13-14,17-21H2,1-2H3. The molecule has 2 aromatic rings. The van der Waals surface area contributed by atoms with Crippen LogP contribution in [-0.4, -0.2) is 36.5 Å². The minimum Gasteiger partial charge on any atom is -0.311 e. The second-order valence-corrected chi connectivity index (χ2v) is 8.40. The lowest BCUT2D eigenvalue weighted by Gasteiger charge is -2.38. The van der Waals surface area contributed by atoms with Gasteiger partial charge >= 0.3 is 0 Å². The van der Waals surface area contributed by atoms with E-state index in [9.17, 15) is 4.79 Å². The average molecular weight is 393 g/mol. The van der Waals surface area contributed by atoms with Crippen molar-refractivity contribution in [3.63, 3.8) is 0 Å². The van der Waals surface area contributed by atoms with Gasteiger partial charge in [0.15, 0.2) is 0 Å². The van der Waals surface area contributed by atoms with Crippen LogP contribution in [0, 0.1) is 5.92 Å². The first-order valence-corrected chi connectivity index (χ1v) is 11.3. The van der Waals surface area contributed by atoms with E-state index in [0.29, 0.717) is 12.5 Å². The van der Waals surface area contributed by atoms with Gasteiger partial charge < -0.3 is 4.90 Å². The molecule has 1 atom stereocenters. The molecule has 1 unspecified atom stereocenters. The van der Waals surface area contributed by atoms with Crippen molar-refractivity contribution in [1.29, 1.82) is 0 Å². The molecule has 3 rings (SSSR count). The minimum absolute atomic E-state index is 0.207. The van der Waals surface area contributed by atoms with Gasteiger partial charge in [-0.25, -0.2) is 0 Å². The summed E-state index contributed by atoms with van der Waals surface area (Å²) in [6.07, 6.45) is 6.94. The van der Waals surface area contributed by atoms with E-state index in [1.165, 1.54) is 37.7 Å². The van der Waals surface area contributed by atoms with E-state index in [2.05, 4.69) is 42.2 Å². The number of hydrogen-bond donors (Lipinski definition) is 0. The quantitative estimate of drug-likeness (QED) is 0.558. The molecule has 0 N–H and O–H groups in total. The van der Waals surface area contributed by atoms with Crippen LogP contribution in [0.1, 0.15) is 51.5 Å². The summed E-state index contributed by atoms with van der Waals surface area (Å²) in [5, 5.41) is 0. The van der Waals surface area contributed by atoms with Gasteiger partial charge in [-0.05, 0) is 69.3 Å². The van der Waals surface area contributed by atoms with Crippen molar-refractivity contribution in [2.45, 2.75) is 58.4 Å².